The molecule has 1 rings (SSSR count). The van der Waals surface area contributed by atoms with Crippen molar-refractivity contribution < 1.29 is 29.7 Å². The van der Waals surface area contributed by atoms with Crippen molar-refractivity contribution in [1.29, 1.82) is 0 Å². The Balaban J connectivity index is 2.56. The third-order valence-corrected chi connectivity index (χ3v) is 3.59. The number of carboxylic acids is 2. The normalized spacial score (nSPS) is 24.0. The Morgan fingerprint density at radius 1 is 1.24 bits per heavy atom. The van der Waals surface area contributed by atoms with Gasteiger partial charge in [0.05, 0.1) is 5.60 Å². The summed E-state index contributed by atoms with van der Waals surface area (Å²) in [5, 5.41) is 29.9. The average Bonchev–Trinajstić information content (AvgIpc) is 2.54. The predicted octanol–water partition coefficient (Wildman–Crippen LogP) is 0.251. The summed E-state index contributed by atoms with van der Waals surface area (Å²) < 4.78 is 0. The van der Waals surface area contributed by atoms with Gasteiger partial charge >= 0.3 is 18.0 Å². The number of nitrogens with zero attached hydrogens (tertiary/aromatic N) is 1. The maximum Gasteiger partial charge on any atom is 0.326 e. The van der Waals surface area contributed by atoms with Crippen LogP contribution in [0.5, 0.6) is 0 Å². The van der Waals surface area contributed by atoms with Gasteiger partial charge in [-0.05, 0) is 32.6 Å². The Kier molecular flexibility index (Phi) is 5.95. The lowest BCUT2D eigenvalue weighted by Gasteiger charge is -2.24. The van der Waals surface area contributed by atoms with Crippen molar-refractivity contribution in [1.82, 2.24) is 10.2 Å². The van der Waals surface area contributed by atoms with Crippen LogP contribution in [0.15, 0.2) is 0 Å². The summed E-state index contributed by atoms with van der Waals surface area (Å²) in [5.41, 5.74) is -0.815. The van der Waals surface area contributed by atoms with E-state index in [1.165, 1.54) is 4.90 Å². The SMILES string of the molecule is CC1(O)CCCN(C(=O)N[C@@H](CCC(=O)O)C(=O)O)CC1. The summed E-state index contributed by atoms with van der Waals surface area (Å²) in [6.45, 7) is 2.48. The molecule has 2 amide bonds. The summed E-state index contributed by atoms with van der Waals surface area (Å²) >= 11 is 0. The van der Waals surface area contributed by atoms with Crippen LogP contribution >= 0.6 is 0 Å². The molecule has 120 valence electrons. The summed E-state index contributed by atoms with van der Waals surface area (Å²) in [7, 11) is 0. The first-order valence-electron chi connectivity index (χ1n) is 6.94. The fourth-order valence-electron chi connectivity index (χ4n) is 2.23. The van der Waals surface area contributed by atoms with Gasteiger partial charge in [-0.1, -0.05) is 0 Å². The maximum absolute atomic E-state index is 12.0. The second kappa shape index (κ2) is 7.26. The molecule has 1 aliphatic rings. The number of rotatable bonds is 5. The summed E-state index contributed by atoms with van der Waals surface area (Å²) in [4.78, 5) is 35.0. The van der Waals surface area contributed by atoms with E-state index in [-0.39, 0.29) is 12.8 Å². The zero-order valence-electron chi connectivity index (χ0n) is 12.0. The van der Waals surface area contributed by atoms with Gasteiger partial charge in [-0.2, -0.15) is 0 Å². The van der Waals surface area contributed by atoms with Crippen LogP contribution < -0.4 is 5.32 Å². The molecule has 1 unspecified atom stereocenters. The number of urea groups is 1. The fraction of sp³-hybridized carbons (Fsp3) is 0.769. The van der Waals surface area contributed by atoms with Crippen LogP contribution in [0.3, 0.4) is 0 Å². The van der Waals surface area contributed by atoms with Crippen LogP contribution in [-0.2, 0) is 9.59 Å². The number of carboxylic acid groups (broad SMARTS) is 2. The molecular formula is C13H22N2O6. The quantitative estimate of drug-likeness (QED) is 0.576. The monoisotopic (exact) mass is 302 g/mol. The average molecular weight is 302 g/mol. The standard InChI is InChI=1S/C13H22N2O6/c1-13(21)5-2-7-15(8-6-13)12(20)14-9(11(18)19)3-4-10(16)17/h9,21H,2-8H2,1H3,(H,14,20)(H,16,17)(H,18,19)/t9-,13?/m0/s1. The van der Waals surface area contributed by atoms with Gasteiger partial charge in [0.1, 0.15) is 6.04 Å². The van der Waals surface area contributed by atoms with Crippen molar-refractivity contribution in [2.24, 2.45) is 0 Å². The molecule has 2 atom stereocenters. The molecule has 1 aliphatic heterocycles. The van der Waals surface area contributed by atoms with Crippen molar-refractivity contribution in [2.75, 3.05) is 13.1 Å². The molecule has 1 heterocycles. The van der Waals surface area contributed by atoms with Gasteiger partial charge < -0.3 is 25.5 Å². The first kappa shape index (κ1) is 17.2. The molecule has 21 heavy (non-hydrogen) atoms. The molecule has 1 saturated heterocycles. The molecular weight excluding hydrogens is 280 g/mol. The largest absolute Gasteiger partial charge is 0.481 e. The molecule has 0 aromatic rings. The summed E-state index contributed by atoms with van der Waals surface area (Å²) in [5.74, 6) is -2.37. The Hall–Kier alpha value is -1.83. The third-order valence-electron chi connectivity index (χ3n) is 3.59. The molecule has 0 radical (unpaired) electrons. The van der Waals surface area contributed by atoms with Gasteiger partial charge in [-0.3, -0.25) is 4.79 Å². The number of aliphatic carboxylic acids is 2. The molecule has 0 saturated carbocycles. The van der Waals surface area contributed by atoms with Crippen molar-refractivity contribution in [2.45, 2.75) is 50.7 Å². The highest BCUT2D eigenvalue weighted by Gasteiger charge is 2.29. The lowest BCUT2D eigenvalue weighted by atomic mass is 9.98. The Bertz CT molecular complexity index is 409. The second-order valence-electron chi connectivity index (χ2n) is 5.61. The van der Waals surface area contributed by atoms with Crippen molar-refractivity contribution >= 4 is 18.0 Å². The molecule has 0 aromatic heterocycles. The number of aliphatic hydroxyl groups is 1. The van der Waals surface area contributed by atoms with Crippen molar-refractivity contribution in [3.05, 3.63) is 0 Å². The number of carbonyl (C=O) groups is 3. The summed E-state index contributed by atoms with van der Waals surface area (Å²) in [6.07, 6.45) is 1.15. The van der Waals surface area contributed by atoms with Crippen LogP contribution in [0.1, 0.15) is 39.0 Å². The summed E-state index contributed by atoms with van der Waals surface area (Å²) in [6, 6.07) is -1.76. The van der Waals surface area contributed by atoms with E-state index in [0.29, 0.717) is 32.4 Å². The van der Waals surface area contributed by atoms with Crippen LogP contribution in [0.4, 0.5) is 4.79 Å². The number of hydrogen-bond donors (Lipinski definition) is 4. The Morgan fingerprint density at radius 2 is 1.90 bits per heavy atom. The van der Waals surface area contributed by atoms with Gasteiger partial charge in [0.15, 0.2) is 0 Å². The first-order chi connectivity index (χ1) is 9.71. The topological polar surface area (TPSA) is 127 Å². The highest BCUT2D eigenvalue weighted by atomic mass is 16.4. The van der Waals surface area contributed by atoms with E-state index in [0.717, 1.165) is 0 Å². The molecule has 4 N–H and O–H groups in total. The first-order valence-corrected chi connectivity index (χ1v) is 6.94. The molecule has 8 nitrogen and oxygen atoms in total. The van der Waals surface area contributed by atoms with E-state index in [9.17, 15) is 19.5 Å². The number of amides is 2. The lowest BCUT2D eigenvalue weighted by Crippen LogP contribution is -2.48. The highest BCUT2D eigenvalue weighted by Crippen LogP contribution is 2.21. The van der Waals surface area contributed by atoms with Gasteiger partial charge in [0.2, 0.25) is 0 Å². The van der Waals surface area contributed by atoms with Crippen molar-refractivity contribution in [3.63, 3.8) is 0 Å². The van der Waals surface area contributed by atoms with E-state index >= 15 is 0 Å². The molecule has 0 aromatic carbocycles. The molecule has 8 heteroatoms. The Morgan fingerprint density at radius 3 is 2.48 bits per heavy atom. The molecule has 0 aliphatic carbocycles. The van der Waals surface area contributed by atoms with Gasteiger partial charge in [0, 0.05) is 19.5 Å². The number of carbonyl (C=O) groups excluding carboxylic acids is 1. The van der Waals surface area contributed by atoms with Crippen LogP contribution in [0.2, 0.25) is 0 Å². The van der Waals surface area contributed by atoms with Crippen LogP contribution in [-0.4, -0.2) is 62.9 Å². The second-order valence-corrected chi connectivity index (χ2v) is 5.61. The number of hydrogen-bond acceptors (Lipinski definition) is 4. The van der Waals surface area contributed by atoms with E-state index in [2.05, 4.69) is 5.32 Å². The lowest BCUT2D eigenvalue weighted by molar-refractivity contribution is -0.140. The van der Waals surface area contributed by atoms with E-state index in [1.807, 2.05) is 0 Å². The van der Waals surface area contributed by atoms with E-state index in [4.69, 9.17) is 10.2 Å². The molecule has 1 fully saturated rings. The Labute approximate surface area is 122 Å². The van der Waals surface area contributed by atoms with Gasteiger partial charge in [0.25, 0.3) is 0 Å². The molecule has 0 bridgehead atoms. The van der Waals surface area contributed by atoms with Crippen molar-refractivity contribution in [3.8, 4) is 0 Å². The van der Waals surface area contributed by atoms with Crippen LogP contribution in [0.25, 0.3) is 0 Å². The highest BCUT2D eigenvalue weighted by molar-refractivity contribution is 5.83. The van der Waals surface area contributed by atoms with E-state index in [1.54, 1.807) is 6.92 Å². The van der Waals surface area contributed by atoms with E-state index < -0.39 is 29.6 Å². The van der Waals surface area contributed by atoms with Gasteiger partial charge in [-0.25, -0.2) is 9.59 Å². The zero-order chi connectivity index (χ0) is 16.0. The number of nitrogens with one attached hydrogen (secondary N) is 1. The van der Waals surface area contributed by atoms with Gasteiger partial charge in [-0.15, -0.1) is 0 Å². The zero-order valence-corrected chi connectivity index (χ0v) is 12.0. The minimum absolute atomic E-state index is 0.165. The molecule has 0 spiro atoms. The number of likely N-dealkylation sites (tertiary alicyclic amines) is 1. The minimum atomic E-state index is -1.26. The fourth-order valence-corrected chi connectivity index (χ4v) is 2.23. The predicted molar refractivity (Wildman–Crippen MR) is 72.9 cm³/mol. The maximum atomic E-state index is 12.0. The smallest absolute Gasteiger partial charge is 0.326 e. The third kappa shape index (κ3) is 5.99. The minimum Gasteiger partial charge on any atom is -0.481 e. The van der Waals surface area contributed by atoms with Crippen LogP contribution in [0, 0.1) is 0 Å².